The molecule has 0 aromatic carbocycles. The summed E-state index contributed by atoms with van der Waals surface area (Å²) in [5.74, 6) is -3.85. The van der Waals surface area contributed by atoms with Gasteiger partial charge in [0.15, 0.2) is 0 Å². The fourth-order valence-electron chi connectivity index (χ4n) is 2.79. The van der Waals surface area contributed by atoms with Crippen molar-refractivity contribution in [3.8, 4) is 0 Å². The van der Waals surface area contributed by atoms with Gasteiger partial charge in [-0.2, -0.15) is 0 Å². The molecule has 1 amide bonds. The largest absolute Gasteiger partial charge is 0.481 e. The lowest BCUT2D eigenvalue weighted by Crippen LogP contribution is -2.39. The summed E-state index contributed by atoms with van der Waals surface area (Å²) in [6, 6.07) is 1.58. The molecule has 1 fully saturated rings. The highest BCUT2D eigenvalue weighted by molar-refractivity contribution is 7.12. The van der Waals surface area contributed by atoms with Crippen LogP contribution in [0.1, 0.15) is 9.67 Å². The summed E-state index contributed by atoms with van der Waals surface area (Å²) in [7, 11) is 1.25. The Morgan fingerprint density at radius 2 is 1.95 bits per heavy atom. The Morgan fingerprint density at radius 1 is 1.27 bits per heavy atom. The van der Waals surface area contributed by atoms with E-state index in [1.165, 1.54) is 7.11 Å². The van der Waals surface area contributed by atoms with Crippen molar-refractivity contribution in [2.45, 2.75) is 12.2 Å². The molecule has 0 radical (unpaired) electrons. The van der Waals surface area contributed by atoms with Gasteiger partial charge in [0, 0.05) is 0 Å². The standard InChI is InChI=1S/C14H13NO6S/c1-20-14(19)11-6(4-5-22-11)15-12(16)9-7-2-3-8(21-7)10(9)13(17)18/h2-5,7-10H,1H3,(H,15,16)(H,17,18)/t7-,8+,9+,10-/m0/s1. The molecule has 2 N–H and O–H groups in total. The number of ether oxygens (including phenoxy) is 2. The van der Waals surface area contributed by atoms with Crippen LogP contribution >= 0.6 is 11.3 Å². The number of rotatable bonds is 4. The molecule has 4 atom stereocenters. The second kappa shape index (κ2) is 5.54. The second-order valence-electron chi connectivity index (χ2n) is 4.98. The summed E-state index contributed by atoms with van der Waals surface area (Å²) in [6.45, 7) is 0. The van der Waals surface area contributed by atoms with Gasteiger partial charge in [0.05, 0.1) is 30.9 Å². The molecule has 2 aliphatic rings. The zero-order chi connectivity index (χ0) is 15.9. The van der Waals surface area contributed by atoms with Crippen LogP contribution in [-0.2, 0) is 19.1 Å². The van der Waals surface area contributed by atoms with Crippen molar-refractivity contribution in [1.29, 1.82) is 0 Å². The number of hydrogen-bond acceptors (Lipinski definition) is 6. The van der Waals surface area contributed by atoms with Crippen LogP contribution in [0, 0.1) is 11.8 Å². The maximum absolute atomic E-state index is 12.4. The summed E-state index contributed by atoms with van der Waals surface area (Å²) in [5.41, 5.74) is 0.317. The molecule has 8 heteroatoms. The van der Waals surface area contributed by atoms with Gasteiger partial charge in [0.25, 0.3) is 0 Å². The Labute approximate surface area is 129 Å². The average molecular weight is 323 g/mol. The van der Waals surface area contributed by atoms with Crippen LogP contribution in [0.4, 0.5) is 5.69 Å². The molecule has 2 bridgehead atoms. The van der Waals surface area contributed by atoms with E-state index in [9.17, 15) is 19.5 Å². The Kier molecular flexibility index (Phi) is 3.71. The second-order valence-corrected chi connectivity index (χ2v) is 5.90. The van der Waals surface area contributed by atoms with Gasteiger partial charge in [-0.25, -0.2) is 4.79 Å². The minimum absolute atomic E-state index is 0.266. The lowest BCUT2D eigenvalue weighted by molar-refractivity contribution is -0.145. The number of carbonyl (C=O) groups excluding carboxylic acids is 2. The van der Waals surface area contributed by atoms with E-state index >= 15 is 0 Å². The van der Waals surface area contributed by atoms with Gasteiger partial charge < -0.3 is 19.9 Å². The van der Waals surface area contributed by atoms with E-state index in [1.807, 2.05) is 0 Å². The topological polar surface area (TPSA) is 102 Å². The van der Waals surface area contributed by atoms with Gasteiger partial charge in [0.1, 0.15) is 10.8 Å². The van der Waals surface area contributed by atoms with Crippen molar-refractivity contribution in [3.63, 3.8) is 0 Å². The summed E-state index contributed by atoms with van der Waals surface area (Å²) in [5, 5.41) is 13.6. The van der Waals surface area contributed by atoms with E-state index in [4.69, 9.17) is 4.74 Å². The fraction of sp³-hybridized carbons (Fsp3) is 0.357. The molecule has 0 unspecified atom stereocenters. The van der Waals surface area contributed by atoms with E-state index < -0.39 is 41.9 Å². The van der Waals surface area contributed by atoms with E-state index in [0.29, 0.717) is 5.69 Å². The van der Waals surface area contributed by atoms with Gasteiger partial charge in [-0.3, -0.25) is 9.59 Å². The first-order chi connectivity index (χ1) is 10.5. The number of methoxy groups -OCH3 is 1. The molecule has 2 aliphatic heterocycles. The van der Waals surface area contributed by atoms with Crippen LogP contribution in [0.3, 0.4) is 0 Å². The monoisotopic (exact) mass is 323 g/mol. The maximum atomic E-state index is 12.4. The SMILES string of the molecule is COC(=O)c1sccc1NC(=O)[C@H]1[C@@H](C(=O)O)[C@H]2C=C[C@@H]1O2. The predicted molar refractivity (Wildman–Crippen MR) is 76.7 cm³/mol. The first-order valence-electron chi connectivity index (χ1n) is 6.56. The zero-order valence-electron chi connectivity index (χ0n) is 11.5. The van der Waals surface area contributed by atoms with Crippen LogP contribution in [0.5, 0.6) is 0 Å². The number of nitrogens with one attached hydrogen (secondary N) is 1. The molecule has 0 spiro atoms. The van der Waals surface area contributed by atoms with Crippen LogP contribution in [-0.4, -0.2) is 42.3 Å². The minimum Gasteiger partial charge on any atom is -0.481 e. The van der Waals surface area contributed by atoms with E-state index in [-0.39, 0.29) is 4.88 Å². The third-order valence-corrected chi connectivity index (χ3v) is 4.68. The van der Waals surface area contributed by atoms with Gasteiger partial charge in [-0.1, -0.05) is 12.2 Å². The number of carbonyl (C=O) groups is 3. The zero-order valence-corrected chi connectivity index (χ0v) is 12.3. The lowest BCUT2D eigenvalue weighted by atomic mass is 9.82. The van der Waals surface area contributed by atoms with Crippen molar-refractivity contribution >= 4 is 34.9 Å². The van der Waals surface area contributed by atoms with Crippen LogP contribution in [0.2, 0.25) is 0 Å². The summed E-state index contributed by atoms with van der Waals surface area (Å²) < 4.78 is 10.1. The maximum Gasteiger partial charge on any atom is 0.350 e. The minimum atomic E-state index is -1.07. The Bertz CT molecular complexity index is 666. The number of thiophene rings is 1. The number of carboxylic acids is 1. The molecule has 22 heavy (non-hydrogen) atoms. The van der Waals surface area contributed by atoms with E-state index in [2.05, 4.69) is 10.1 Å². The molecule has 3 rings (SSSR count). The molecule has 116 valence electrons. The third-order valence-electron chi connectivity index (χ3n) is 3.78. The Hall–Kier alpha value is -2.19. The normalized spacial score (nSPS) is 28.6. The van der Waals surface area contributed by atoms with Gasteiger partial charge in [-0.05, 0) is 11.4 Å². The van der Waals surface area contributed by atoms with Crippen molar-refractivity contribution in [3.05, 3.63) is 28.5 Å². The highest BCUT2D eigenvalue weighted by atomic mass is 32.1. The van der Waals surface area contributed by atoms with Crippen molar-refractivity contribution in [2.24, 2.45) is 11.8 Å². The molecule has 1 saturated heterocycles. The number of carboxylic acid groups (broad SMARTS) is 1. The number of anilines is 1. The molecular formula is C14H13NO6S. The Balaban J connectivity index is 1.80. The van der Waals surface area contributed by atoms with Crippen molar-refractivity contribution in [2.75, 3.05) is 12.4 Å². The molecule has 0 saturated carbocycles. The summed E-state index contributed by atoms with van der Waals surface area (Å²) >= 11 is 1.14. The molecular weight excluding hydrogens is 310 g/mol. The summed E-state index contributed by atoms with van der Waals surface area (Å²) in [6.07, 6.45) is 2.23. The Morgan fingerprint density at radius 3 is 2.59 bits per heavy atom. The first kappa shape index (κ1) is 14.7. The van der Waals surface area contributed by atoms with Gasteiger partial charge in [-0.15, -0.1) is 11.3 Å². The molecule has 1 aromatic heterocycles. The van der Waals surface area contributed by atoms with Crippen molar-refractivity contribution in [1.82, 2.24) is 0 Å². The van der Waals surface area contributed by atoms with Gasteiger partial charge >= 0.3 is 11.9 Å². The highest BCUT2D eigenvalue weighted by Crippen LogP contribution is 2.40. The van der Waals surface area contributed by atoms with Crippen LogP contribution in [0.25, 0.3) is 0 Å². The van der Waals surface area contributed by atoms with Crippen LogP contribution in [0.15, 0.2) is 23.6 Å². The molecule has 3 heterocycles. The fourth-order valence-corrected chi connectivity index (χ4v) is 3.56. The quantitative estimate of drug-likeness (QED) is 0.636. The molecule has 7 nitrogen and oxygen atoms in total. The average Bonchev–Trinajstić information content (AvgIpc) is 3.20. The lowest BCUT2D eigenvalue weighted by Gasteiger charge is -2.20. The third kappa shape index (κ3) is 2.30. The predicted octanol–water partition coefficient (Wildman–Crippen LogP) is 1.13. The number of fused-ring (bicyclic) bond motifs is 2. The molecule has 0 aliphatic carbocycles. The number of esters is 1. The van der Waals surface area contributed by atoms with Crippen LogP contribution < -0.4 is 5.32 Å². The smallest absolute Gasteiger partial charge is 0.350 e. The summed E-state index contributed by atoms with van der Waals surface area (Å²) in [4.78, 5) is 35.7. The number of amides is 1. The number of aliphatic carboxylic acids is 1. The molecule has 1 aromatic rings. The highest BCUT2D eigenvalue weighted by Gasteiger charge is 2.53. The van der Waals surface area contributed by atoms with Gasteiger partial charge in [0.2, 0.25) is 5.91 Å². The number of hydrogen-bond donors (Lipinski definition) is 2. The van der Waals surface area contributed by atoms with E-state index in [1.54, 1.807) is 23.6 Å². The van der Waals surface area contributed by atoms with Crippen molar-refractivity contribution < 1.29 is 29.0 Å². The van der Waals surface area contributed by atoms with E-state index in [0.717, 1.165) is 11.3 Å². The first-order valence-corrected chi connectivity index (χ1v) is 7.44.